The van der Waals surface area contributed by atoms with E-state index in [0.717, 1.165) is 37.8 Å². The van der Waals surface area contributed by atoms with Gasteiger partial charge in [0.25, 0.3) is 0 Å². The summed E-state index contributed by atoms with van der Waals surface area (Å²) in [6.07, 6.45) is 0. The van der Waals surface area contributed by atoms with Gasteiger partial charge in [0, 0.05) is 43.9 Å². The molecule has 108 valence electrons. The lowest BCUT2D eigenvalue weighted by molar-refractivity contribution is -0.134. The molecule has 2 aliphatic rings. The number of amides is 1. The SMILES string of the molecule is CC(C)N1CCN(C(=O)C2CSCN2)CC1.Cl.Cl. The van der Waals surface area contributed by atoms with Crippen LogP contribution in [-0.2, 0) is 4.79 Å². The van der Waals surface area contributed by atoms with E-state index in [1.54, 1.807) is 0 Å². The first kappa shape index (κ1) is 18.3. The van der Waals surface area contributed by atoms with E-state index in [1.807, 2.05) is 16.7 Å². The number of hydrogen-bond donors (Lipinski definition) is 1. The molecule has 1 N–H and O–H groups in total. The predicted molar refractivity (Wildman–Crippen MR) is 82.0 cm³/mol. The third kappa shape index (κ3) is 4.46. The Hall–Kier alpha value is 0.320. The van der Waals surface area contributed by atoms with Crippen molar-refractivity contribution in [1.29, 1.82) is 0 Å². The van der Waals surface area contributed by atoms with E-state index >= 15 is 0 Å². The normalized spacial score (nSPS) is 24.6. The lowest BCUT2D eigenvalue weighted by Crippen LogP contribution is -2.54. The molecule has 1 amide bonds. The maximum absolute atomic E-state index is 12.1. The molecule has 1 unspecified atom stereocenters. The third-order valence-electron chi connectivity index (χ3n) is 3.37. The summed E-state index contributed by atoms with van der Waals surface area (Å²) in [5.74, 6) is 2.15. The number of nitrogens with one attached hydrogen (secondary N) is 1. The molecule has 2 aliphatic heterocycles. The van der Waals surface area contributed by atoms with Gasteiger partial charge in [-0.05, 0) is 13.8 Å². The van der Waals surface area contributed by atoms with Crippen molar-refractivity contribution in [2.45, 2.75) is 25.9 Å². The monoisotopic (exact) mass is 315 g/mol. The summed E-state index contributed by atoms with van der Waals surface area (Å²) in [6.45, 7) is 8.24. The number of thioether (sulfide) groups is 1. The maximum Gasteiger partial charge on any atom is 0.240 e. The molecule has 0 saturated carbocycles. The van der Waals surface area contributed by atoms with E-state index in [1.165, 1.54) is 0 Å². The first-order chi connectivity index (χ1) is 7.68. The van der Waals surface area contributed by atoms with Gasteiger partial charge in [0.05, 0.1) is 6.04 Å². The molecule has 0 aromatic heterocycles. The maximum atomic E-state index is 12.1. The van der Waals surface area contributed by atoms with Crippen molar-refractivity contribution in [3.8, 4) is 0 Å². The van der Waals surface area contributed by atoms with Crippen LogP contribution >= 0.6 is 36.6 Å². The van der Waals surface area contributed by atoms with E-state index in [4.69, 9.17) is 0 Å². The highest BCUT2D eigenvalue weighted by molar-refractivity contribution is 7.99. The summed E-state index contributed by atoms with van der Waals surface area (Å²) in [5, 5.41) is 3.25. The Morgan fingerprint density at radius 2 is 1.83 bits per heavy atom. The van der Waals surface area contributed by atoms with Crippen molar-refractivity contribution in [3.05, 3.63) is 0 Å². The fourth-order valence-electron chi connectivity index (χ4n) is 2.23. The fraction of sp³-hybridized carbons (Fsp3) is 0.909. The number of hydrogen-bond acceptors (Lipinski definition) is 4. The van der Waals surface area contributed by atoms with Crippen molar-refractivity contribution in [1.82, 2.24) is 15.1 Å². The fourth-order valence-corrected chi connectivity index (χ4v) is 3.17. The Labute approximate surface area is 126 Å². The molecule has 0 aromatic rings. The van der Waals surface area contributed by atoms with Gasteiger partial charge in [-0.25, -0.2) is 0 Å². The molecule has 2 rings (SSSR count). The molecule has 0 aromatic carbocycles. The zero-order valence-corrected chi connectivity index (χ0v) is 13.4. The molecule has 2 heterocycles. The van der Waals surface area contributed by atoms with Gasteiger partial charge in [-0.1, -0.05) is 0 Å². The summed E-state index contributed by atoms with van der Waals surface area (Å²) in [6, 6.07) is 0.660. The molecule has 1 atom stereocenters. The van der Waals surface area contributed by atoms with Crippen LogP contribution in [0.4, 0.5) is 0 Å². The minimum Gasteiger partial charge on any atom is -0.339 e. The number of piperazine rings is 1. The quantitative estimate of drug-likeness (QED) is 0.826. The van der Waals surface area contributed by atoms with Gasteiger partial charge >= 0.3 is 0 Å². The summed E-state index contributed by atoms with van der Waals surface area (Å²) in [4.78, 5) is 16.6. The van der Waals surface area contributed by atoms with Gasteiger partial charge in [-0.15, -0.1) is 36.6 Å². The van der Waals surface area contributed by atoms with Crippen molar-refractivity contribution in [3.63, 3.8) is 0 Å². The average molecular weight is 316 g/mol. The molecule has 4 nitrogen and oxygen atoms in total. The van der Waals surface area contributed by atoms with Gasteiger partial charge in [-0.3, -0.25) is 15.0 Å². The van der Waals surface area contributed by atoms with Crippen molar-refractivity contribution >= 4 is 42.5 Å². The van der Waals surface area contributed by atoms with Gasteiger partial charge in [0.1, 0.15) is 0 Å². The zero-order chi connectivity index (χ0) is 11.5. The minimum atomic E-state index is 0. The van der Waals surface area contributed by atoms with Crippen LogP contribution in [0.2, 0.25) is 0 Å². The van der Waals surface area contributed by atoms with Crippen molar-refractivity contribution < 1.29 is 4.79 Å². The molecule has 18 heavy (non-hydrogen) atoms. The first-order valence-electron chi connectivity index (χ1n) is 6.02. The highest BCUT2D eigenvalue weighted by atomic mass is 35.5. The smallest absolute Gasteiger partial charge is 0.240 e. The van der Waals surface area contributed by atoms with Crippen molar-refractivity contribution in [2.24, 2.45) is 0 Å². The summed E-state index contributed by atoms with van der Waals surface area (Å²) in [7, 11) is 0. The highest BCUT2D eigenvalue weighted by Gasteiger charge is 2.29. The number of carbonyl (C=O) groups excluding carboxylic acids is 1. The molecule has 0 aliphatic carbocycles. The summed E-state index contributed by atoms with van der Waals surface area (Å²) in [5.41, 5.74) is 0. The van der Waals surface area contributed by atoms with E-state index in [9.17, 15) is 4.79 Å². The number of halogens is 2. The molecule has 0 radical (unpaired) electrons. The molecular formula is C11H23Cl2N3OS. The standard InChI is InChI=1S/C11H21N3OS.2ClH/c1-9(2)13-3-5-14(6-4-13)11(15)10-7-16-8-12-10;;/h9-10,12H,3-8H2,1-2H3;2*1H. The lowest BCUT2D eigenvalue weighted by Gasteiger charge is -2.37. The summed E-state index contributed by atoms with van der Waals surface area (Å²) >= 11 is 1.81. The zero-order valence-electron chi connectivity index (χ0n) is 10.9. The van der Waals surface area contributed by atoms with E-state index in [-0.39, 0.29) is 30.9 Å². The van der Waals surface area contributed by atoms with E-state index < -0.39 is 0 Å². The number of rotatable bonds is 2. The van der Waals surface area contributed by atoms with Crippen molar-refractivity contribution in [2.75, 3.05) is 37.8 Å². The Kier molecular flexibility index (Phi) is 8.63. The predicted octanol–water partition coefficient (Wildman–Crippen LogP) is 1.05. The van der Waals surface area contributed by atoms with E-state index in [2.05, 4.69) is 24.1 Å². The lowest BCUT2D eigenvalue weighted by atomic mass is 10.2. The van der Waals surface area contributed by atoms with Crippen LogP contribution in [0.15, 0.2) is 0 Å². The average Bonchev–Trinajstić information content (AvgIpc) is 2.81. The van der Waals surface area contributed by atoms with Crippen LogP contribution < -0.4 is 5.32 Å². The second-order valence-corrected chi connectivity index (χ2v) is 5.76. The Morgan fingerprint density at radius 3 is 2.28 bits per heavy atom. The Morgan fingerprint density at radius 1 is 1.22 bits per heavy atom. The largest absolute Gasteiger partial charge is 0.339 e. The van der Waals surface area contributed by atoms with Crippen LogP contribution in [0, 0.1) is 0 Å². The second kappa shape index (κ2) is 8.48. The Balaban J connectivity index is 0.00000144. The number of nitrogens with zero attached hydrogens (tertiary/aromatic N) is 2. The van der Waals surface area contributed by atoms with Crippen LogP contribution in [0.5, 0.6) is 0 Å². The molecule has 2 saturated heterocycles. The molecule has 7 heteroatoms. The molecule has 2 fully saturated rings. The Bertz CT molecular complexity index is 255. The highest BCUT2D eigenvalue weighted by Crippen LogP contribution is 2.14. The van der Waals surface area contributed by atoms with Gasteiger partial charge in [0.15, 0.2) is 0 Å². The van der Waals surface area contributed by atoms with Crippen LogP contribution in [0.25, 0.3) is 0 Å². The molecular weight excluding hydrogens is 293 g/mol. The number of carbonyl (C=O) groups is 1. The van der Waals surface area contributed by atoms with Crippen LogP contribution in [-0.4, -0.2) is 65.6 Å². The van der Waals surface area contributed by atoms with E-state index in [0.29, 0.717) is 11.9 Å². The van der Waals surface area contributed by atoms with Gasteiger partial charge in [-0.2, -0.15) is 0 Å². The first-order valence-corrected chi connectivity index (χ1v) is 7.18. The topological polar surface area (TPSA) is 35.6 Å². The van der Waals surface area contributed by atoms with Gasteiger partial charge < -0.3 is 4.90 Å². The molecule has 0 bridgehead atoms. The van der Waals surface area contributed by atoms with Crippen LogP contribution in [0.1, 0.15) is 13.8 Å². The second-order valence-electron chi connectivity index (χ2n) is 4.73. The molecule has 0 spiro atoms. The minimum absolute atomic E-state index is 0. The van der Waals surface area contributed by atoms with Gasteiger partial charge in [0.2, 0.25) is 5.91 Å². The third-order valence-corrected chi connectivity index (χ3v) is 4.31. The summed E-state index contributed by atoms with van der Waals surface area (Å²) < 4.78 is 0. The van der Waals surface area contributed by atoms with Crippen LogP contribution in [0.3, 0.4) is 0 Å².